The van der Waals surface area contributed by atoms with Crippen LogP contribution in [0.4, 0.5) is 4.79 Å². The summed E-state index contributed by atoms with van der Waals surface area (Å²) < 4.78 is 0. The van der Waals surface area contributed by atoms with Crippen LogP contribution in [-0.2, 0) is 4.79 Å². The molecule has 7 heteroatoms. The van der Waals surface area contributed by atoms with E-state index in [1.165, 1.54) is 0 Å². The Bertz CT molecular complexity index is 263. The smallest absolute Gasteiger partial charge is 0.328 e. The van der Waals surface area contributed by atoms with Gasteiger partial charge in [-0.3, -0.25) is 0 Å². The van der Waals surface area contributed by atoms with Gasteiger partial charge in [0.25, 0.3) is 0 Å². The second kappa shape index (κ2) is 5.66. The van der Waals surface area contributed by atoms with E-state index in [-0.39, 0.29) is 0 Å². The SMILES string of the molecule is CN1CCN(C(=O)N[C@@H](CO)C(=O)O)CC1. The van der Waals surface area contributed by atoms with Gasteiger partial charge in [0.05, 0.1) is 6.61 Å². The van der Waals surface area contributed by atoms with Crippen LogP contribution in [0.1, 0.15) is 0 Å². The molecule has 3 N–H and O–H groups in total. The van der Waals surface area contributed by atoms with Gasteiger partial charge in [0, 0.05) is 26.2 Å². The van der Waals surface area contributed by atoms with Gasteiger partial charge >= 0.3 is 12.0 Å². The highest BCUT2D eigenvalue weighted by molar-refractivity contribution is 5.82. The van der Waals surface area contributed by atoms with Crippen molar-refractivity contribution < 1.29 is 19.8 Å². The topological polar surface area (TPSA) is 93.1 Å². The molecule has 1 fully saturated rings. The van der Waals surface area contributed by atoms with Crippen LogP contribution in [0.3, 0.4) is 0 Å². The minimum Gasteiger partial charge on any atom is -0.480 e. The molecule has 1 saturated heterocycles. The summed E-state index contributed by atoms with van der Waals surface area (Å²) in [5.74, 6) is -1.23. The molecule has 0 aliphatic carbocycles. The largest absolute Gasteiger partial charge is 0.480 e. The van der Waals surface area contributed by atoms with Crippen molar-refractivity contribution in [3.05, 3.63) is 0 Å². The number of nitrogens with zero attached hydrogens (tertiary/aromatic N) is 2. The first kappa shape index (κ1) is 12.7. The Morgan fingerprint density at radius 3 is 2.31 bits per heavy atom. The zero-order valence-electron chi connectivity index (χ0n) is 9.22. The lowest BCUT2D eigenvalue weighted by atomic mass is 10.3. The zero-order chi connectivity index (χ0) is 12.1. The maximum atomic E-state index is 11.6. The average molecular weight is 231 g/mol. The Morgan fingerprint density at radius 2 is 1.88 bits per heavy atom. The molecular formula is C9H17N3O4. The lowest BCUT2D eigenvalue weighted by molar-refractivity contribution is -0.140. The number of piperazine rings is 1. The van der Waals surface area contributed by atoms with Gasteiger partial charge in [-0.1, -0.05) is 0 Å². The second-order valence-corrected chi connectivity index (χ2v) is 3.81. The number of hydrogen-bond donors (Lipinski definition) is 3. The number of carbonyl (C=O) groups excluding carboxylic acids is 1. The molecule has 0 radical (unpaired) electrons. The Kier molecular flexibility index (Phi) is 4.51. The van der Waals surface area contributed by atoms with Gasteiger partial charge in [0.2, 0.25) is 0 Å². The van der Waals surface area contributed by atoms with Gasteiger partial charge in [-0.05, 0) is 7.05 Å². The summed E-state index contributed by atoms with van der Waals surface area (Å²) >= 11 is 0. The molecule has 0 unspecified atom stereocenters. The van der Waals surface area contributed by atoms with Gasteiger partial charge < -0.3 is 25.3 Å². The van der Waals surface area contributed by atoms with E-state index < -0.39 is 24.6 Å². The summed E-state index contributed by atoms with van der Waals surface area (Å²) in [7, 11) is 1.96. The standard InChI is InChI=1S/C9H17N3O4/c1-11-2-4-12(5-3-11)9(16)10-7(6-13)8(14)15/h7,13H,2-6H2,1H3,(H,10,16)(H,14,15)/t7-/m0/s1. The van der Waals surface area contributed by atoms with E-state index in [1.807, 2.05) is 7.05 Å². The molecule has 1 aliphatic rings. The first-order valence-electron chi connectivity index (χ1n) is 5.12. The Morgan fingerprint density at radius 1 is 1.31 bits per heavy atom. The molecule has 0 aromatic heterocycles. The van der Waals surface area contributed by atoms with Gasteiger partial charge in [0.1, 0.15) is 0 Å². The van der Waals surface area contributed by atoms with Crippen LogP contribution in [0, 0.1) is 0 Å². The first-order valence-corrected chi connectivity index (χ1v) is 5.12. The molecule has 0 aromatic rings. The predicted octanol–water partition coefficient (Wildman–Crippen LogP) is -1.61. The number of amides is 2. The monoisotopic (exact) mass is 231 g/mol. The van der Waals surface area contributed by atoms with Crippen LogP contribution >= 0.6 is 0 Å². The van der Waals surface area contributed by atoms with E-state index in [1.54, 1.807) is 4.90 Å². The number of aliphatic carboxylic acids is 1. The number of hydrogen-bond acceptors (Lipinski definition) is 4. The molecule has 16 heavy (non-hydrogen) atoms. The average Bonchev–Trinajstić information content (AvgIpc) is 2.26. The third-order valence-corrected chi connectivity index (χ3v) is 2.57. The molecule has 1 heterocycles. The lowest BCUT2D eigenvalue weighted by Crippen LogP contribution is -2.54. The van der Waals surface area contributed by atoms with Crippen LogP contribution in [0.2, 0.25) is 0 Å². The number of aliphatic hydroxyl groups is 1. The van der Waals surface area contributed by atoms with E-state index in [0.717, 1.165) is 13.1 Å². The van der Waals surface area contributed by atoms with Gasteiger partial charge in [0.15, 0.2) is 6.04 Å². The number of carbonyl (C=O) groups is 2. The highest BCUT2D eigenvalue weighted by Crippen LogP contribution is 1.99. The third kappa shape index (κ3) is 3.35. The number of likely N-dealkylation sites (N-methyl/N-ethyl adjacent to an activating group) is 1. The van der Waals surface area contributed by atoms with E-state index in [0.29, 0.717) is 13.1 Å². The molecule has 2 amide bonds. The Labute approximate surface area is 93.6 Å². The Hall–Kier alpha value is -1.34. The van der Waals surface area contributed by atoms with E-state index in [2.05, 4.69) is 10.2 Å². The van der Waals surface area contributed by atoms with Crippen LogP contribution in [-0.4, -0.2) is 77.9 Å². The van der Waals surface area contributed by atoms with E-state index >= 15 is 0 Å². The number of nitrogens with one attached hydrogen (secondary N) is 1. The number of rotatable bonds is 3. The molecule has 0 bridgehead atoms. The van der Waals surface area contributed by atoms with Gasteiger partial charge in [-0.15, -0.1) is 0 Å². The number of urea groups is 1. The van der Waals surface area contributed by atoms with Crippen LogP contribution in [0.15, 0.2) is 0 Å². The predicted molar refractivity (Wildman–Crippen MR) is 56.1 cm³/mol. The first-order chi connectivity index (χ1) is 7.54. The highest BCUT2D eigenvalue weighted by atomic mass is 16.4. The molecule has 1 rings (SSSR count). The summed E-state index contributed by atoms with van der Waals surface area (Å²) in [6, 6.07) is -1.67. The normalized spacial score (nSPS) is 19.2. The minimum absolute atomic E-state index is 0.436. The van der Waals surface area contributed by atoms with Crippen molar-refractivity contribution in [1.29, 1.82) is 0 Å². The highest BCUT2D eigenvalue weighted by Gasteiger charge is 2.24. The lowest BCUT2D eigenvalue weighted by Gasteiger charge is -2.32. The van der Waals surface area contributed by atoms with Crippen molar-refractivity contribution in [2.45, 2.75) is 6.04 Å². The van der Waals surface area contributed by atoms with Crippen molar-refractivity contribution in [3.63, 3.8) is 0 Å². The van der Waals surface area contributed by atoms with Crippen molar-refractivity contribution >= 4 is 12.0 Å². The third-order valence-electron chi connectivity index (χ3n) is 2.57. The van der Waals surface area contributed by atoms with Crippen LogP contribution in [0.5, 0.6) is 0 Å². The van der Waals surface area contributed by atoms with Crippen LogP contribution < -0.4 is 5.32 Å². The Balaban J connectivity index is 2.42. The fraction of sp³-hybridized carbons (Fsp3) is 0.778. The number of carboxylic acids is 1. The van der Waals surface area contributed by atoms with Crippen molar-refractivity contribution in [3.8, 4) is 0 Å². The summed E-state index contributed by atoms with van der Waals surface area (Å²) in [5.41, 5.74) is 0. The molecule has 0 aromatic carbocycles. The fourth-order valence-electron chi connectivity index (χ4n) is 1.44. The minimum atomic E-state index is -1.23. The molecule has 0 spiro atoms. The number of carboxylic acid groups (broad SMARTS) is 1. The van der Waals surface area contributed by atoms with E-state index in [9.17, 15) is 9.59 Å². The maximum Gasteiger partial charge on any atom is 0.328 e. The number of aliphatic hydroxyl groups excluding tert-OH is 1. The zero-order valence-corrected chi connectivity index (χ0v) is 9.22. The summed E-state index contributed by atoms with van der Waals surface area (Å²) in [4.78, 5) is 25.8. The molecule has 0 saturated carbocycles. The van der Waals surface area contributed by atoms with Gasteiger partial charge in [-0.25, -0.2) is 9.59 Å². The van der Waals surface area contributed by atoms with Crippen molar-refractivity contribution in [2.24, 2.45) is 0 Å². The molecular weight excluding hydrogens is 214 g/mol. The molecule has 1 aliphatic heterocycles. The van der Waals surface area contributed by atoms with Crippen LogP contribution in [0.25, 0.3) is 0 Å². The second-order valence-electron chi connectivity index (χ2n) is 3.81. The summed E-state index contributed by atoms with van der Waals surface area (Å²) in [6.45, 7) is 2.07. The van der Waals surface area contributed by atoms with Gasteiger partial charge in [-0.2, -0.15) is 0 Å². The van der Waals surface area contributed by atoms with Crippen molar-refractivity contribution in [2.75, 3.05) is 39.8 Å². The molecule has 7 nitrogen and oxygen atoms in total. The maximum absolute atomic E-state index is 11.6. The summed E-state index contributed by atoms with van der Waals surface area (Å²) in [6.07, 6.45) is 0. The fourth-order valence-corrected chi connectivity index (χ4v) is 1.44. The molecule has 92 valence electrons. The van der Waals surface area contributed by atoms with Crippen molar-refractivity contribution in [1.82, 2.24) is 15.1 Å². The summed E-state index contributed by atoms with van der Waals surface area (Å²) in [5, 5.41) is 19.7. The quantitative estimate of drug-likeness (QED) is 0.543. The van der Waals surface area contributed by atoms with E-state index in [4.69, 9.17) is 10.2 Å². The molecule has 1 atom stereocenters.